The first-order chi connectivity index (χ1) is 6.59. The Morgan fingerprint density at radius 1 is 1.57 bits per heavy atom. The lowest BCUT2D eigenvalue weighted by Crippen LogP contribution is -1.90. The summed E-state index contributed by atoms with van der Waals surface area (Å²) in [5, 5.41) is 8.39. The minimum absolute atomic E-state index is 0.125. The molecule has 2 nitrogen and oxygen atoms in total. The van der Waals surface area contributed by atoms with Crippen molar-refractivity contribution in [3.8, 4) is 11.8 Å². The number of aliphatic carboxylic acids is 1. The van der Waals surface area contributed by atoms with E-state index in [1.54, 1.807) is 0 Å². The third-order valence-electron chi connectivity index (χ3n) is 1.59. The summed E-state index contributed by atoms with van der Waals surface area (Å²) in [4.78, 5) is 10.2. The van der Waals surface area contributed by atoms with Crippen LogP contribution in [-0.2, 0) is 4.79 Å². The highest BCUT2D eigenvalue weighted by molar-refractivity contribution is 9.10. The predicted octanol–water partition coefficient (Wildman–Crippen LogP) is 2.58. The van der Waals surface area contributed by atoms with Gasteiger partial charge in [0.05, 0.1) is 0 Å². The Morgan fingerprint density at radius 3 is 2.86 bits per heavy atom. The molecule has 0 heterocycles. The van der Waals surface area contributed by atoms with E-state index in [9.17, 15) is 4.79 Å². The summed E-state index contributed by atoms with van der Waals surface area (Å²) >= 11 is 3.36. The van der Waals surface area contributed by atoms with Crippen LogP contribution in [0.5, 0.6) is 0 Å². The Balaban J connectivity index is 2.85. The molecule has 0 saturated heterocycles. The number of hydrogen-bond acceptors (Lipinski definition) is 1. The Morgan fingerprint density at radius 2 is 2.29 bits per heavy atom. The highest BCUT2D eigenvalue weighted by Crippen LogP contribution is 2.16. The number of hydrogen-bond donors (Lipinski definition) is 1. The van der Waals surface area contributed by atoms with Crippen LogP contribution in [0.3, 0.4) is 0 Å². The van der Waals surface area contributed by atoms with Crippen molar-refractivity contribution < 1.29 is 9.90 Å². The fourth-order valence-corrected chi connectivity index (χ4v) is 1.53. The van der Waals surface area contributed by atoms with E-state index in [0.717, 1.165) is 15.6 Å². The molecule has 1 N–H and O–H groups in total. The Bertz CT molecular complexity index is 413. The largest absolute Gasteiger partial charge is 0.481 e. The molecule has 72 valence electrons. The fourth-order valence-electron chi connectivity index (χ4n) is 0.937. The van der Waals surface area contributed by atoms with E-state index in [-0.39, 0.29) is 6.42 Å². The lowest BCUT2D eigenvalue weighted by molar-refractivity contribution is -0.135. The first kappa shape index (κ1) is 10.8. The molecule has 1 rings (SSSR count). The second kappa shape index (κ2) is 4.83. The number of halogens is 1. The van der Waals surface area contributed by atoms with Crippen molar-refractivity contribution in [1.82, 2.24) is 0 Å². The van der Waals surface area contributed by atoms with E-state index in [4.69, 9.17) is 5.11 Å². The standard InChI is InChI=1S/C11H9BrO2/c1-8-5-6-9(10(12)7-8)3-2-4-11(13)14/h5-7H,4H2,1H3,(H,13,14). The quantitative estimate of drug-likeness (QED) is 0.781. The van der Waals surface area contributed by atoms with Gasteiger partial charge < -0.3 is 5.11 Å². The van der Waals surface area contributed by atoms with Gasteiger partial charge in [-0.3, -0.25) is 4.79 Å². The molecule has 0 spiro atoms. The van der Waals surface area contributed by atoms with E-state index in [1.807, 2.05) is 25.1 Å². The van der Waals surface area contributed by atoms with Gasteiger partial charge in [0.2, 0.25) is 0 Å². The molecule has 0 aliphatic heterocycles. The van der Waals surface area contributed by atoms with Gasteiger partial charge >= 0.3 is 5.97 Å². The van der Waals surface area contributed by atoms with Gasteiger partial charge in [-0.2, -0.15) is 0 Å². The Kier molecular flexibility index (Phi) is 3.73. The number of carboxylic acid groups (broad SMARTS) is 1. The van der Waals surface area contributed by atoms with Crippen molar-refractivity contribution in [1.29, 1.82) is 0 Å². The Labute approximate surface area is 91.1 Å². The monoisotopic (exact) mass is 252 g/mol. The number of carboxylic acids is 1. The van der Waals surface area contributed by atoms with Crippen molar-refractivity contribution in [3.63, 3.8) is 0 Å². The Hall–Kier alpha value is -1.27. The van der Waals surface area contributed by atoms with Crippen LogP contribution in [0, 0.1) is 18.8 Å². The number of aryl methyl sites for hydroxylation is 1. The van der Waals surface area contributed by atoms with Gasteiger partial charge in [-0.05, 0) is 40.5 Å². The molecule has 0 aromatic heterocycles. The van der Waals surface area contributed by atoms with E-state index in [1.165, 1.54) is 0 Å². The first-order valence-corrected chi connectivity index (χ1v) is 4.85. The number of rotatable bonds is 1. The maximum Gasteiger partial charge on any atom is 0.315 e. The lowest BCUT2D eigenvalue weighted by atomic mass is 10.1. The summed E-state index contributed by atoms with van der Waals surface area (Å²) in [5.74, 6) is 4.47. The highest BCUT2D eigenvalue weighted by Gasteiger charge is 1.96. The molecule has 0 unspecified atom stereocenters. The van der Waals surface area contributed by atoms with Crippen LogP contribution in [0.2, 0.25) is 0 Å². The summed E-state index contributed by atoms with van der Waals surface area (Å²) in [6.07, 6.45) is -0.125. The summed E-state index contributed by atoms with van der Waals surface area (Å²) in [5.41, 5.74) is 1.96. The van der Waals surface area contributed by atoms with Gasteiger partial charge in [0, 0.05) is 10.0 Å². The summed E-state index contributed by atoms with van der Waals surface area (Å²) < 4.78 is 0.899. The smallest absolute Gasteiger partial charge is 0.315 e. The van der Waals surface area contributed by atoms with E-state index in [2.05, 4.69) is 27.8 Å². The molecule has 1 aromatic carbocycles. The average Bonchev–Trinajstić information content (AvgIpc) is 2.08. The zero-order chi connectivity index (χ0) is 10.6. The molecule has 3 heteroatoms. The zero-order valence-electron chi connectivity index (χ0n) is 7.67. The van der Waals surface area contributed by atoms with Crippen LogP contribution in [0.25, 0.3) is 0 Å². The molecule has 0 bridgehead atoms. The van der Waals surface area contributed by atoms with Crippen LogP contribution in [0.15, 0.2) is 22.7 Å². The van der Waals surface area contributed by atoms with Crippen molar-refractivity contribution >= 4 is 21.9 Å². The number of carbonyl (C=O) groups is 1. The normalized spacial score (nSPS) is 9.00. The SMILES string of the molecule is Cc1ccc(C#CCC(=O)O)c(Br)c1. The molecule has 0 amide bonds. The van der Waals surface area contributed by atoms with Gasteiger partial charge in [0.1, 0.15) is 6.42 Å². The van der Waals surface area contributed by atoms with Gasteiger partial charge in [0.25, 0.3) is 0 Å². The molecule has 0 fully saturated rings. The number of benzene rings is 1. The van der Waals surface area contributed by atoms with Crippen LogP contribution in [0.1, 0.15) is 17.5 Å². The molecule has 0 aliphatic rings. The first-order valence-electron chi connectivity index (χ1n) is 4.06. The molecule has 0 atom stereocenters. The molecule has 14 heavy (non-hydrogen) atoms. The van der Waals surface area contributed by atoms with Crippen LogP contribution in [0.4, 0.5) is 0 Å². The molecule has 0 aliphatic carbocycles. The maximum absolute atomic E-state index is 10.2. The molecule has 0 radical (unpaired) electrons. The van der Waals surface area contributed by atoms with Crippen LogP contribution >= 0.6 is 15.9 Å². The molecular weight excluding hydrogens is 244 g/mol. The van der Waals surface area contributed by atoms with Crippen molar-refractivity contribution in [2.75, 3.05) is 0 Å². The zero-order valence-corrected chi connectivity index (χ0v) is 9.26. The van der Waals surface area contributed by atoms with E-state index < -0.39 is 5.97 Å². The molecular formula is C11H9BrO2. The predicted molar refractivity (Wildman–Crippen MR) is 58.0 cm³/mol. The second-order valence-corrected chi connectivity index (χ2v) is 3.71. The van der Waals surface area contributed by atoms with Crippen molar-refractivity contribution in [2.45, 2.75) is 13.3 Å². The molecule has 1 aromatic rings. The highest BCUT2D eigenvalue weighted by atomic mass is 79.9. The summed E-state index contributed by atoms with van der Waals surface area (Å²) in [6.45, 7) is 1.99. The van der Waals surface area contributed by atoms with Gasteiger partial charge in [-0.15, -0.1) is 0 Å². The summed E-state index contributed by atoms with van der Waals surface area (Å²) in [7, 11) is 0. The second-order valence-electron chi connectivity index (χ2n) is 2.86. The topological polar surface area (TPSA) is 37.3 Å². The van der Waals surface area contributed by atoms with Crippen LogP contribution < -0.4 is 0 Å². The minimum atomic E-state index is -0.902. The van der Waals surface area contributed by atoms with Gasteiger partial charge in [-0.25, -0.2) is 0 Å². The average molecular weight is 253 g/mol. The molecule has 0 saturated carbocycles. The van der Waals surface area contributed by atoms with E-state index in [0.29, 0.717) is 0 Å². The fraction of sp³-hybridized carbons (Fsp3) is 0.182. The third-order valence-corrected chi connectivity index (χ3v) is 2.24. The van der Waals surface area contributed by atoms with Crippen LogP contribution in [-0.4, -0.2) is 11.1 Å². The maximum atomic E-state index is 10.2. The third kappa shape index (κ3) is 3.23. The van der Waals surface area contributed by atoms with Gasteiger partial charge in [0.15, 0.2) is 0 Å². The lowest BCUT2D eigenvalue weighted by Gasteiger charge is -1.96. The van der Waals surface area contributed by atoms with Gasteiger partial charge in [-0.1, -0.05) is 17.9 Å². The van der Waals surface area contributed by atoms with E-state index >= 15 is 0 Å². The van der Waals surface area contributed by atoms with Crippen molar-refractivity contribution in [3.05, 3.63) is 33.8 Å². The minimum Gasteiger partial charge on any atom is -0.481 e. The summed E-state index contributed by atoms with van der Waals surface area (Å²) in [6, 6.07) is 5.76. The van der Waals surface area contributed by atoms with Crippen molar-refractivity contribution in [2.24, 2.45) is 0 Å².